The average Bonchev–Trinajstić information content (AvgIpc) is 3.02. The van der Waals surface area contributed by atoms with Gasteiger partial charge in [0.25, 0.3) is 0 Å². The largest absolute Gasteiger partial charge is 0.459 e. The van der Waals surface area contributed by atoms with E-state index in [1.807, 2.05) is 30.4 Å². The highest BCUT2D eigenvalue weighted by Crippen LogP contribution is 2.36. The Morgan fingerprint density at radius 3 is 2.61 bits per heavy atom. The fourth-order valence-electron chi connectivity index (χ4n) is 2.24. The van der Waals surface area contributed by atoms with E-state index >= 15 is 0 Å². The predicted molar refractivity (Wildman–Crippen MR) is 67.9 cm³/mol. The number of allylic oxidation sites excluding steroid dienone is 1. The van der Waals surface area contributed by atoms with Crippen molar-refractivity contribution in [2.24, 2.45) is 0 Å². The molecular formula is C15H14O3. The van der Waals surface area contributed by atoms with E-state index in [-0.39, 0.29) is 0 Å². The SMILES string of the molecule is O=Cc1ccc(/C=C2/C=CC3(CCCO3)O2)cc1. The van der Waals surface area contributed by atoms with Crippen molar-refractivity contribution in [1.29, 1.82) is 0 Å². The Kier molecular flexibility index (Phi) is 2.76. The van der Waals surface area contributed by atoms with Crippen molar-refractivity contribution in [2.75, 3.05) is 6.61 Å². The molecule has 0 radical (unpaired) electrons. The summed E-state index contributed by atoms with van der Waals surface area (Å²) < 4.78 is 11.4. The number of benzene rings is 1. The van der Waals surface area contributed by atoms with Crippen molar-refractivity contribution in [3.8, 4) is 0 Å². The summed E-state index contributed by atoms with van der Waals surface area (Å²) in [6, 6.07) is 7.38. The monoisotopic (exact) mass is 242 g/mol. The quantitative estimate of drug-likeness (QED) is 0.748. The zero-order valence-electron chi connectivity index (χ0n) is 9.96. The highest BCUT2D eigenvalue weighted by Gasteiger charge is 2.38. The maximum atomic E-state index is 10.6. The zero-order chi connectivity index (χ0) is 12.4. The molecule has 3 nitrogen and oxygen atoms in total. The number of carbonyl (C=O) groups excluding carboxylic acids is 1. The van der Waals surface area contributed by atoms with Crippen molar-refractivity contribution in [1.82, 2.24) is 0 Å². The van der Waals surface area contributed by atoms with Crippen LogP contribution in [0.3, 0.4) is 0 Å². The molecule has 18 heavy (non-hydrogen) atoms. The molecule has 1 aromatic rings. The van der Waals surface area contributed by atoms with E-state index in [4.69, 9.17) is 9.47 Å². The molecule has 2 aliphatic heterocycles. The van der Waals surface area contributed by atoms with Crippen LogP contribution < -0.4 is 0 Å². The fraction of sp³-hybridized carbons (Fsp3) is 0.267. The first-order valence-electron chi connectivity index (χ1n) is 6.09. The third kappa shape index (κ3) is 2.09. The minimum absolute atomic E-state index is 0.519. The van der Waals surface area contributed by atoms with E-state index in [1.54, 1.807) is 12.1 Å². The molecule has 92 valence electrons. The second kappa shape index (κ2) is 4.42. The Hall–Kier alpha value is -1.87. The summed E-state index contributed by atoms with van der Waals surface area (Å²) in [6.45, 7) is 0.756. The van der Waals surface area contributed by atoms with Crippen LogP contribution in [0.2, 0.25) is 0 Å². The van der Waals surface area contributed by atoms with Gasteiger partial charge in [-0.15, -0.1) is 0 Å². The van der Waals surface area contributed by atoms with Gasteiger partial charge in [-0.25, -0.2) is 0 Å². The van der Waals surface area contributed by atoms with Crippen LogP contribution in [-0.4, -0.2) is 18.7 Å². The van der Waals surface area contributed by atoms with Gasteiger partial charge >= 0.3 is 0 Å². The van der Waals surface area contributed by atoms with Crippen LogP contribution in [0.5, 0.6) is 0 Å². The van der Waals surface area contributed by atoms with E-state index in [0.717, 1.165) is 37.1 Å². The van der Waals surface area contributed by atoms with E-state index in [1.165, 1.54) is 0 Å². The van der Waals surface area contributed by atoms with Gasteiger partial charge in [-0.05, 0) is 30.2 Å². The molecule has 2 heterocycles. The van der Waals surface area contributed by atoms with Crippen molar-refractivity contribution in [3.05, 3.63) is 53.3 Å². The van der Waals surface area contributed by atoms with Gasteiger partial charge in [0, 0.05) is 12.0 Å². The van der Waals surface area contributed by atoms with Gasteiger partial charge in [0.2, 0.25) is 5.79 Å². The summed E-state index contributed by atoms with van der Waals surface area (Å²) in [6.07, 6.45) is 8.65. The Morgan fingerprint density at radius 1 is 1.17 bits per heavy atom. The van der Waals surface area contributed by atoms with Crippen LogP contribution in [-0.2, 0) is 9.47 Å². The Morgan fingerprint density at radius 2 is 1.94 bits per heavy atom. The first kappa shape index (κ1) is 11.2. The summed E-state index contributed by atoms with van der Waals surface area (Å²) in [5, 5.41) is 0. The minimum atomic E-state index is -0.519. The number of rotatable bonds is 2. The summed E-state index contributed by atoms with van der Waals surface area (Å²) in [5.74, 6) is 0.282. The lowest BCUT2D eigenvalue weighted by Gasteiger charge is -2.20. The summed E-state index contributed by atoms with van der Waals surface area (Å²) in [7, 11) is 0. The molecule has 1 spiro atoms. The van der Waals surface area contributed by atoms with Gasteiger partial charge in [0.05, 0.1) is 6.61 Å². The molecule has 1 saturated heterocycles. The molecule has 0 bridgehead atoms. The molecule has 0 aliphatic carbocycles. The van der Waals surface area contributed by atoms with E-state index < -0.39 is 5.79 Å². The molecule has 0 saturated carbocycles. The standard InChI is InChI=1S/C15H14O3/c16-11-13-4-2-12(3-5-13)10-14-6-8-15(18-14)7-1-9-17-15/h2-6,8,10-11H,1,7,9H2/b14-10-. The number of ether oxygens (including phenoxy) is 2. The second-order valence-corrected chi connectivity index (χ2v) is 4.53. The Balaban J connectivity index is 1.77. The third-order valence-electron chi connectivity index (χ3n) is 3.19. The van der Waals surface area contributed by atoms with Crippen molar-refractivity contribution in [3.63, 3.8) is 0 Å². The molecule has 1 atom stereocenters. The molecule has 1 unspecified atom stereocenters. The van der Waals surface area contributed by atoms with Crippen molar-refractivity contribution >= 4 is 12.4 Å². The molecule has 0 amide bonds. The Bertz CT molecular complexity index is 505. The van der Waals surface area contributed by atoms with Gasteiger partial charge in [0.15, 0.2) is 0 Å². The van der Waals surface area contributed by atoms with Gasteiger partial charge in [-0.3, -0.25) is 4.79 Å². The predicted octanol–water partition coefficient (Wildman–Crippen LogP) is 2.93. The lowest BCUT2D eigenvalue weighted by molar-refractivity contribution is -0.135. The molecular weight excluding hydrogens is 228 g/mol. The summed E-state index contributed by atoms with van der Waals surface area (Å²) >= 11 is 0. The topological polar surface area (TPSA) is 35.5 Å². The molecule has 1 aromatic carbocycles. The fourth-order valence-corrected chi connectivity index (χ4v) is 2.24. The average molecular weight is 242 g/mol. The van der Waals surface area contributed by atoms with Crippen molar-refractivity contribution in [2.45, 2.75) is 18.6 Å². The van der Waals surface area contributed by atoms with Gasteiger partial charge in [-0.1, -0.05) is 24.3 Å². The lowest BCUT2D eigenvalue weighted by Crippen LogP contribution is -2.24. The van der Waals surface area contributed by atoms with Gasteiger partial charge in [0.1, 0.15) is 12.0 Å². The molecule has 0 N–H and O–H groups in total. The molecule has 3 heteroatoms. The first-order valence-corrected chi connectivity index (χ1v) is 6.09. The highest BCUT2D eigenvalue weighted by molar-refractivity contribution is 5.75. The van der Waals surface area contributed by atoms with Crippen LogP contribution in [0.1, 0.15) is 28.8 Å². The van der Waals surface area contributed by atoms with E-state index in [9.17, 15) is 4.79 Å². The molecule has 2 aliphatic rings. The second-order valence-electron chi connectivity index (χ2n) is 4.53. The number of carbonyl (C=O) groups is 1. The summed E-state index contributed by atoms with van der Waals surface area (Å²) in [4.78, 5) is 10.6. The van der Waals surface area contributed by atoms with E-state index in [2.05, 4.69) is 0 Å². The Labute approximate surface area is 106 Å². The molecule has 1 fully saturated rings. The lowest BCUT2D eigenvalue weighted by atomic mass is 10.1. The summed E-state index contributed by atoms with van der Waals surface area (Å²) in [5.41, 5.74) is 1.69. The van der Waals surface area contributed by atoms with Crippen LogP contribution >= 0.6 is 0 Å². The maximum absolute atomic E-state index is 10.6. The van der Waals surface area contributed by atoms with Gasteiger partial charge in [-0.2, -0.15) is 0 Å². The zero-order valence-corrected chi connectivity index (χ0v) is 9.96. The normalized spacial score (nSPS) is 27.9. The van der Waals surface area contributed by atoms with Crippen LogP contribution in [0.4, 0.5) is 0 Å². The van der Waals surface area contributed by atoms with Crippen molar-refractivity contribution < 1.29 is 14.3 Å². The molecule has 0 aromatic heterocycles. The van der Waals surface area contributed by atoms with Crippen LogP contribution in [0, 0.1) is 0 Å². The van der Waals surface area contributed by atoms with Crippen LogP contribution in [0.25, 0.3) is 6.08 Å². The number of hydrogen-bond donors (Lipinski definition) is 0. The number of hydrogen-bond acceptors (Lipinski definition) is 3. The maximum Gasteiger partial charge on any atom is 0.230 e. The third-order valence-corrected chi connectivity index (χ3v) is 3.19. The van der Waals surface area contributed by atoms with Crippen LogP contribution in [0.15, 0.2) is 42.2 Å². The minimum Gasteiger partial charge on any atom is -0.459 e. The van der Waals surface area contributed by atoms with E-state index in [0.29, 0.717) is 5.56 Å². The van der Waals surface area contributed by atoms with Gasteiger partial charge < -0.3 is 9.47 Å². The highest BCUT2D eigenvalue weighted by atomic mass is 16.7. The smallest absolute Gasteiger partial charge is 0.230 e. The number of aldehydes is 1. The molecule has 3 rings (SSSR count). The first-order chi connectivity index (χ1) is 8.80.